The third kappa shape index (κ3) is 6.34. The highest BCUT2D eigenvalue weighted by atomic mass is 35.5. The van der Waals surface area contributed by atoms with Crippen molar-refractivity contribution in [1.29, 1.82) is 0 Å². The Morgan fingerprint density at radius 1 is 1.21 bits per heavy atom. The molecule has 0 fully saturated rings. The number of sulfonamides is 1. The third-order valence-corrected chi connectivity index (χ3v) is 5.46. The monoisotopic (exact) mass is 450 g/mol. The fourth-order valence-corrected chi connectivity index (χ4v) is 3.69. The van der Waals surface area contributed by atoms with Crippen LogP contribution in [0.15, 0.2) is 47.4 Å². The molecule has 1 N–H and O–H groups in total. The third-order valence-electron chi connectivity index (χ3n) is 3.80. The standard InChI is InChI=1S/C18H18ClF3N2O4S/c1-28-9-8-24(11-17(21)22)18(25)12-2-4-13(5-3-12)23-29(26,27)14-6-7-16(20)15(19)10-14/h2-7,10,17,23H,8-9,11H2,1H3. The molecule has 0 unspecified atom stereocenters. The highest BCUT2D eigenvalue weighted by Crippen LogP contribution is 2.22. The lowest BCUT2D eigenvalue weighted by atomic mass is 10.2. The molecule has 2 rings (SSSR count). The number of alkyl halides is 2. The lowest BCUT2D eigenvalue weighted by molar-refractivity contribution is 0.0478. The second-order valence-electron chi connectivity index (χ2n) is 5.89. The van der Waals surface area contributed by atoms with Crippen LogP contribution < -0.4 is 4.72 Å². The van der Waals surface area contributed by atoms with Gasteiger partial charge in [0, 0.05) is 24.9 Å². The van der Waals surface area contributed by atoms with Crippen LogP contribution in [-0.4, -0.2) is 52.5 Å². The molecular weight excluding hydrogens is 433 g/mol. The Labute approximate surface area is 171 Å². The predicted octanol–water partition coefficient (Wildman–Crippen LogP) is 3.63. The van der Waals surface area contributed by atoms with Crippen molar-refractivity contribution in [3.05, 3.63) is 58.9 Å². The van der Waals surface area contributed by atoms with E-state index in [1.807, 2.05) is 0 Å². The van der Waals surface area contributed by atoms with Gasteiger partial charge in [0.25, 0.3) is 22.4 Å². The summed E-state index contributed by atoms with van der Waals surface area (Å²) in [4.78, 5) is 13.1. The highest BCUT2D eigenvalue weighted by Gasteiger charge is 2.20. The van der Waals surface area contributed by atoms with Crippen molar-refractivity contribution in [3.63, 3.8) is 0 Å². The number of benzene rings is 2. The molecule has 2 aromatic rings. The Morgan fingerprint density at radius 3 is 2.41 bits per heavy atom. The molecule has 11 heteroatoms. The van der Waals surface area contributed by atoms with Gasteiger partial charge >= 0.3 is 0 Å². The van der Waals surface area contributed by atoms with Crippen LogP contribution in [0.4, 0.5) is 18.9 Å². The lowest BCUT2D eigenvalue weighted by Gasteiger charge is -2.22. The Balaban J connectivity index is 2.16. The van der Waals surface area contributed by atoms with E-state index in [9.17, 15) is 26.4 Å². The molecule has 0 aliphatic heterocycles. The Morgan fingerprint density at radius 2 is 1.86 bits per heavy atom. The molecule has 29 heavy (non-hydrogen) atoms. The van der Waals surface area contributed by atoms with Crippen LogP contribution in [0.2, 0.25) is 5.02 Å². The molecule has 0 atom stereocenters. The van der Waals surface area contributed by atoms with Gasteiger partial charge in [-0.15, -0.1) is 0 Å². The number of carbonyl (C=O) groups excluding carboxylic acids is 1. The minimum absolute atomic E-state index is 0.0145. The van der Waals surface area contributed by atoms with Crippen LogP contribution >= 0.6 is 11.6 Å². The van der Waals surface area contributed by atoms with Crippen molar-refractivity contribution < 1.29 is 31.1 Å². The molecule has 0 aromatic heterocycles. The molecule has 158 valence electrons. The SMILES string of the molecule is COCCN(CC(F)F)C(=O)c1ccc(NS(=O)(=O)c2ccc(F)c(Cl)c2)cc1. The minimum atomic E-state index is -4.04. The van der Waals surface area contributed by atoms with E-state index >= 15 is 0 Å². The number of carbonyl (C=O) groups is 1. The van der Waals surface area contributed by atoms with E-state index in [1.165, 1.54) is 31.4 Å². The van der Waals surface area contributed by atoms with Gasteiger partial charge in [-0.05, 0) is 42.5 Å². The van der Waals surface area contributed by atoms with E-state index in [-0.39, 0.29) is 34.3 Å². The number of nitrogens with one attached hydrogen (secondary N) is 1. The molecule has 0 saturated carbocycles. The van der Waals surface area contributed by atoms with Gasteiger partial charge in [-0.1, -0.05) is 11.6 Å². The van der Waals surface area contributed by atoms with E-state index in [4.69, 9.17) is 16.3 Å². The quantitative estimate of drug-likeness (QED) is 0.633. The average Bonchev–Trinajstić information content (AvgIpc) is 2.66. The number of rotatable bonds is 9. The van der Waals surface area contributed by atoms with E-state index in [0.29, 0.717) is 0 Å². The summed E-state index contributed by atoms with van der Waals surface area (Å²) >= 11 is 5.61. The first-order chi connectivity index (χ1) is 13.6. The van der Waals surface area contributed by atoms with Gasteiger partial charge in [-0.25, -0.2) is 21.6 Å². The molecule has 0 radical (unpaired) electrons. The molecule has 0 spiro atoms. The summed E-state index contributed by atoms with van der Waals surface area (Å²) in [5, 5.41) is -0.344. The molecule has 2 aromatic carbocycles. The van der Waals surface area contributed by atoms with E-state index in [2.05, 4.69) is 4.72 Å². The largest absolute Gasteiger partial charge is 0.383 e. The first kappa shape index (κ1) is 23.0. The number of hydrogen-bond donors (Lipinski definition) is 1. The minimum Gasteiger partial charge on any atom is -0.383 e. The maximum Gasteiger partial charge on any atom is 0.261 e. The van der Waals surface area contributed by atoms with Crippen LogP contribution in [0.3, 0.4) is 0 Å². The Hall–Kier alpha value is -2.30. The van der Waals surface area contributed by atoms with Crippen LogP contribution in [0.5, 0.6) is 0 Å². The number of amides is 1. The van der Waals surface area contributed by atoms with Gasteiger partial charge in [0.15, 0.2) is 0 Å². The molecular formula is C18H18ClF3N2O4S. The second-order valence-corrected chi connectivity index (χ2v) is 7.98. The molecule has 0 aliphatic carbocycles. The number of halogens is 4. The second kappa shape index (κ2) is 9.95. The molecule has 1 amide bonds. The summed E-state index contributed by atoms with van der Waals surface area (Å²) in [7, 11) is -2.65. The number of nitrogens with zero attached hydrogens (tertiary/aromatic N) is 1. The van der Waals surface area contributed by atoms with Crippen molar-refractivity contribution in [2.45, 2.75) is 11.3 Å². The van der Waals surface area contributed by atoms with E-state index in [1.54, 1.807) is 0 Å². The summed E-state index contributed by atoms with van der Waals surface area (Å²) in [5.74, 6) is -1.39. The van der Waals surface area contributed by atoms with Crippen molar-refractivity contribution in [1.82, 2.24) is 4.90 Å². The summed E-state index contributed by atoms with van der Waals surface area (Å²) < 4.78 is 70.5. The maximum atomic E-state index is 13.2. The van der Waals surface area contributed by atoms with Gasteiger partial charge < -0.3 is 9.64 Å². The van der Waals surface area contributed by atoms with Crippen molar-refractivity contribution in [3.8, 4) is 0 Å². The van der Waals surface area contributed by atoms with E-state index < -0.39 is 34.7 Å². The zero-order valence-electron chi connectivity index (χ0n) is 15.2. The number of anilines is 1. The normalized spacial score (nSPS) is 11.5. The van der Waals surface area contributed by atoms with Gasteiger partial charge in [-0.3, -0.25) is 9.52 Å². The average molecular weight is 451 g/mol. The van der Waals surface area contributed by atoms with Crippen LogP contribution in [-0.2, 0) is 14.8 Å². The molecule has 0 bridgehead atoms. The van der Waals surface area contributed by atoms with Gasteiger partial charge in [0.05, 0.1) is 23.1 Å². The molecule has 6 nitrogen and oxygen atoms in total. The van der Waals surface area contributed by atoms with Crippen molar-refractivity contribution in [2.75, 3.05) is 31.5 Å². The van der Waals surface area contributed by atoms with Gasteiger partial charge in [-0.2, -0.15) is 0 Å². The molecule has 0 aliphatic rings. The molecule has 0 saturated heterocycles. The predicted molar refractivity (Wildman–Crippen MR) is 102 cm³/mol. The maximum absolute atomic E-state index is 13.2. The summed E-state index contributed by atoms with van der Waals surface area (Å²) in [6, 6.07) is 8.19. The number of ether oxygens (including phenoxy) is 1. The Kier molecular flexibility index (Phi) is 7.88. The first-order valence-electron chi connectivity index (χ1n) is 8.28. The van der Waals surface area contributed by atoms with Crippen molar-refractivity contribution in [2.24, 2.45) is 0 Å². The fraction of sp³-hybridized carbons (Fsp3) is 0.278. The fourth-order valence-electron chi connectivity index (χ4n) is 2.37. The van der Waals surface area contributed by atoms with Gasteiger partial charge in [0.1, 0.15) is 5.82 Å². The van der Waals surface area contributed by atoms with Crippen LogP contribution in [0.25, 0.3) is 0 Å². The lowest BCUT2D eigenvalue weighted by Crippen LogP contribution is -2.37. The summed E-state index contributed by atoms with van der Waals surface area (Å²) in [6.07, 6.45) is -2.70. The zero-order chi connectivity index (χ0) is 21.6. The topological polar surface area (TPSA) is 75.7 Å². The summed E-state index contributed by atoms with van der Waals surface area (Å²) in [6.45, 7) is -0.669. The van der Waals surface area contributed by atoms with Crippen LogP contribution in [0, 0.1) is 5.82 Å². The van der Waals surface area contributed by atoms with E-state index in [0.717, 1.165) is 23.1 Å². The first-order valence-corrected chi connectivity index (χ1v) is 10.1. The highest BCUT2D eigenvalue weighted by molar-refractivity contribution is 7.92. The number of hydrogen-bond acceptors (Lipinski definition) is 4. The molecule has 0 heterocycles. The van der Waals surface area contributed by atoms with Crippen molar-refractivity contribution >= 4 is 33.2 Å². The van der Waals surface area contributed by atoms with Gasteiger partial charge in [0.2, 0.25) is 0 Å². The smallest absolute Gasteiger partial charge is 0.261 e. The Bertz CT molecular complexity index is 956. The summed E-state index contributed by atoms with van der Waals surface area (Å²) in [5.41, 5.74) is 0.230. The zero-order valence-corrected chi connectivity index (χ0v) is 16.8. The van der Waals surface area contributed by atoms with Crippen LogP contribution in [0.1, 0.15) is 10.4 Å². The number of methoxy groups -OCH3 is 1.